The van der Waals surface area contributed by atoms with Gasteiger partial charge >= 0.3 is 0 Å². The summed E-state index contributed by atoms with van der Waals surface area (Å²) in [5.41, 5.74) is 3.39. The molecule has 1 fully saturated rings. The van der Waals surface area contributed by atoms with Crippen LogP contribution in [-0.2, 0) is 28.0 Å². The topological polar surface area (TPSA) is 56.8 Å². The summed E-state index contributed by atoms with van der Waals surface area (Å²) in [4.78, 5) is 13.2. The van der Waals surface area contributed by atoms with Crippen LogP contribution in [0.1, 0.15) is 23.1 Å². The summed E-state index contributed by atoms with van der Waals surface area (Å²) in [5, 5.41) is 3.08. The summed E-state index contributed by atoms with van der Waals surface area (Å²) >= 11 is 0. The fourth-order valence-corrected chi connectivity index (χ4v) is 4.64. The normalized spacial score (nSPS) is 21.7. The fourth-order valence-electron chi connectivity index (χ4n) is 4.64. The van der Waals surface area contributed by atoms with E-state index in [1.807, 2.05) is 72.8 Å². The van der Waals surface area contributed by atoms with Crippen LogP contribution in [0.2, 0.25) is 0 Å². The summed E-state index contributed by atoms with van der Waals surface area (Å²) in [6.07, 6.45) is 1.14. The molecule has 1 saturated heterocycles. The molecule has 0 radical (unpaired) electrons. The number of fused-ring (bicyclic) bond motifs is 2. The number of ether oxygens (including phenoxy) is 3. The molecule has 2 heterocycles. The Labute approximate surface area is 182 Å². The summed E-state index contributed by atoms with van der Waals surface area (Å²) in [6, 6.07) is 23.9. The monoisotopic (exact) mass is 415 g/mol. The van der Waals surface area contributed by atoms with Gasteiger partial charge in [-0.3, -0.25) is 4.79 Å². The van der Waals surface area contributed by atoms with Gasteiger partial charge in [0.1, 0.15) is 23.5 Å². The average Bonchev–Trinajstić information content (AvgIpc) is 3.35. The third-order valence-electron chi connectivity index (χ3n) is 6.32. The maximum absolute atomic E-state index is 13.2. The van der Waals surface area contributed by atoms with Crippen molar-refractivity contribution in [2.45, 2.75) is 31.0 Å². The minimum atomic E-state index is -0.660. The van der Waals surface area contributed by atoms with Crippen molar-refractivity contribution in [1.29, 1.82) is 0 Å². The predicted octanol–water partition coefficient (Wildman–Crippen LogP) is 4.50. The number of hydrogen-bond donors (Lipinski definition) is 1. The predicted molar refractivity (Wildman–Crippen MR) is 119 cm³/mol. The second-order valence-electron chi connectivity index (χ2n) is 8.07. The molecule has 0 bridgehead atoms. The lowest BCUT2D eigenvalue weighted by Gasteiger charge is -2.28. The first-order chi connectivity index (χ1) is 15.2. The number of rotatable bonds is 6. The number of carbonyl (C=O) groups excluding carboxylic acids is 1. The highest BCUT2D eigenvalue weighted by molar-refractivity contribution is 6.07. The van der Waals surface area contributed by atoms with Crippen molar-refractivity contribution in [3.63, 3.8) is 0 Å². The van der Waals surface area contributed by atoms with Crippen LogP contribution in [0.5, 0.6) is 11.5 Å². The molecule has 2 aliphatic heterocycles. The van der Waals surface area contributed by atoms with E-state index in [9.17, 15) is 4.79 Å². The summed E-state index contributed by atoms with van der Waals surface area (Å²) in [5.74, 6) is 1.57. The molecule has 1 spiro atoms. The molecule has 0 saturated carbocycles. The van der Waals surface area contributed by atoms with Gasteiger partial charge in [0.05, 0.1) is 13.2 Å². The van der Waals surface area contributed by atoms with Crippen LogP contribution < -0.4 is 14.8 Å². The zero-order valence-electron chi connectivity index (χ0n) is 17.5. The van der Waals surface area contributed by atoms with Crippen molar-refractivity contribution in [2.24, 2.45) is 0 Å². The van der Waals surface area contributed by atoms with Crippen molar-refractivity contribution >= 4 is 11.6 Å². The molecule has 2 atom stereocenters. The highest BCUT2D eigenvalue weighted by Gasteiger charge is 2.55. The first-order valence-corrected chi connectivity index (χ1v) is 10.6. The van der Waals surface area contributed by atoms with Gasteiger partial charge in [0.2, 0.25) is 5.91 Å². The smallest absolute Gasteiger partial charge is 0.237 e. The first-order valence-electron chi connectivity index (χ1n) is 10.6. The van der Waals surface area contributed by atoms with Crippen molar-refractivity contribution in [3.8, 4) is 11.5 Å². The van der Waals surface area contributed by atoms with E-state index < -0.39 is 5.41 Å². The minimum absolute atomic E-state index is 0.0127. The van der Waals surface area contributed by atoms with Crippen LogP contribution in [0.15, 0.2) is 72.8 Å². The molecule has 5 heteroatoms. The minimum Gasteiger partial charge on any atom is -0.497 e. The first kappa shape index (κ1) is 19.6. The Kier molecular flexibility index (Phi) is 5.12. The van der Waals surface area contributed by atoms with Crippen LogP contribution in [0.3, 0.4) is 0 Å². The maximum Gasteiger partial charge on any atom is 0.237 e. The lowest BCUT2D eigenvalue weighted by molar-refractivity contribution is -0.122. The number of benzene rings is 3. The molecular weight excluding hydrogens is 390 g/mol. The van der Waals surface area contributed by atoms with Crippen molar-refractivity contribution < 1.29 is 19.0 Å². The Bertz CT molecular complexity index is 1080. The van der Waals surface area contributed by atoms with Crippen molar-refractivity contribution in [1.82, 2.24) is 0 Å². The van der Waals surface area contributed by atoms with Crippen LogP contribution in [0.25, 0.3) is 0 Å². The third-order valence-corrected chi connectivity index (χ3v) is 6.32. The van der Waals surface area contributed by atoms with E-state index in [0.717, 1.165) is 33.9 Å². The lowest BCUT2D eigenvalue weighted by Crippen LogP contribution is -2.43. The van der Waals surface area contributed by atoms with E-state index in [0.29, 0.717) is 26.1 Å². The quantitative estimate of drug-likeness (QED) is 0.644. The highest BCUT2D eigenvalue weighted by Crippen LogP contribution is 2.49. The number of nitrogens with one attached hydrogen (secondary N) is 1. The Morgan fingerprint density at radius 3 is 2.55 bits per heavy atom. The molecule has 158 valence electrons. The van der Waals surface area contributed by atoms with E-state index in [1.165, 1.54) is 0 Å². The van der Waals surface area contributed by atoms with Crippen LogP contribution in [0, 0.1) is 0 Å². The van der Waals surface area contributed by atoms with Gasteiger partial charge in [0.15, 0.2) is 0 Å². The highest BCUT2D eigenvalue weighted by atomic mass is 16.5. The van der Waals surface area contributed by atoms with Gasteiger partial charge in [0, 0.05) is 24.8 Å². The molecule has 1 amide bonds. The molecular formula is C26H25NO4. The van der Waals surface area contributed by atoms with Crippen molar-refractivity contribution in [2.75, 3.05) is 19.0 Å². The summed E-state index contributed by atoms with van der Waals surface area (Å²) in [7, 11) is 1.65. The van der Waals surface area contributed by atoms with Gasteiger partial charge in [-0.1, -0.05) is 48.5 Å². The molecule has 0 aliphatic carbocycles. The lowest BCUT2D eigenvalue weighted by atomic mass is 9.74. The molecule has 2 unspecified atom stereocenters. The largest absolute Gasteiger partial charge is 0.497 e. The number of carbonyl (C=O) groups is 1. The average molecular weight is 415 g/mol. The van der Waals surface area contributed by atoms with Gasteiger partial charge < -0.3 is 19.5 Å². The molecule has 3 aromatic rings. The SMILES string of the molecule is COc1ccc(CC2OCCC23C(=O)Nc2cc(OCc4ccccc4)ccc23)cc1. The Balaban J connectivity index is 1.38. The van der Waals surface area contributed by atoms with E-state index in [4.69, 9.17) is 14.2 Å². The second kappa shape index (κ2) is 8.08. The third kappa shape index (κ3) is 3.55. The molecule has 5 rings (SSSR count). The number of hydrogen-bond acceptors (Lipinski definition) is 4. The van der Waals surface area contributed by atoms with Gasteiger partial charge in [0.25, 0.3) is 0 Å². The van der Waals surface area contributed by atoms with E-state index in [2.05, 4.69) is 5.32 Å². The van der Waals surface area contributed by atoms with Gasteiger partial charge in [-0.15, -0.1) is 0 Å². The Morgan fingerprint density at radius 2 is 1.77 bits per heavy atom. The molecule has 0 aromatic heterocycles. The van der Waals surface area contributed by atoms with Crippen LogP contribution >= 0.6 is 0 Å². The van der Waals surface area contributed by atoms with Crippen LogP contribution in [0.4, 0.5) is 5.69 Å². The molecule has 31 heavy (non-hydrogen) atoms. The number of anilines is 1. The van der Waals surface area contributed by atoms with Crippen LogP contribution in [-0.4, -0.2) is 25.7 Å². The maximum atomic E-state index is 13.2. The van der Waals surface area contributed by atoms with Crippen molar-refractivity contribution in [3.05, 3.63) is 89.5 Å². The van der Waals surface area contributed by atoms with Gasteiger partial charge in [-0.2, -0.15) is 0 Å². The zero-order valence-corrected chi connectivity index (χ0v) is 17.5. The Morgan fingerprint density at radius 1 is 1.00 bits per heavy atom. The Hall–Kier alpha value is -3.31. The zero-order chi connectivity index (χ0) is 21.3. The number of methoxy groups -OCH3 is 1. The fraction of sp³-hybridized carbons (Fsp3) is 0.269. The number of amides is 1. The second-order valence-corrected chi connectivity index (χ2v) is 8.07. The summed E-state index contributed by atoms with van der Waals surface area (Å²) < 4.78 is 17.3. The molecule has 5 nitrogen and oxygen atoms in total. The van der Waals surface area contributed by atoms with Gasteiger partial charge in [-0.25, -0.2) is 0 Å². The van der Waals surface area contributed by atoms with E-state index in [1.54, 1.807) is 7.11 Å². The standard InChI is InChI=1S/C26H25NO4/c1-29-20-9-7-18(8-10-20)15-24-26(13-14-30-24)22-12-11-21(16-23(22)27-25(26)28)31-17-19-5-3-2-4-6-19/h2-12,16,24H,13-15,17H2,1H3,(H,27,28). The van der Waals surface area contributed by atoms with E-state index in [-0.39, 0.29) is 12.0 Å². The molecule has 2 aliphatic rings. The van der Waals surface area contributed by atoms with Gasteiger partial charge in [-0.05, 0) is 41.3 Å². The molecule has 1 N–H and O–H groups in total. The summed E-state index contributed by atoms with van der Waals surface area (Å²) in [6.45, 7) is 1.06. The molecule has 3 aromatic carbocycles. The van der Waals surface area contributed by atoms with E-state index >= 15 is 0 Å².